The molecule has 0 N–H and O–H groups in total. The van der Waals surface area contributed by atoms with Gasteiger partial charge in [0.05, 0.1) is 4.47 Å². The smallest absolute Gasteiger partial charge is 0.183 e. The van der Waals surface area contributed by atoms with E-state index >= 15 is 0 Å². The molecular formula is C8H3Br2FN2S. The van der Waals surface area contributed by atoms with Crippen LogP contribution in [0.3, 0.4) is 0 Å². The van der Waals surface area contributed by atoms with E-state index in [2.05, 4.69) is 42.1 Å². The standard InChI is InChI=1S/C8H3Br2FN2S/c9-5-3-4(1-2-6(5)11)7-12-13-8(10)14-7/h1-3H. The minimum Gasteiger partial charge on any atom is -0.206 e. The summed E-state index contributed by atoms with van der Waals surface area (Å²) in [6, 6.07) is 4.75. The fraction of sp³-hybridized carbons (Fsp3) is 0. The minimum atomic E-state index is -0.280. The highest BCUT2D eigenvalue weighted by Gasteiger charge is 2.07. The van der Waals surface area contributed by atoms with Gasteiger partial charge in [0.25, 0.3) is 0 Å². The summed E-state index contributed by atoms with van der Waals surface area (Å²) in [6.07, 6.45) is 0. The summed E-state index contributed by atoms with van der Waals surface area (Å²) in [7, 11) is 0. The Hall–Kier alpha value is -0.330. The van der Waals surface area contributed by atoms with E-state index in [1.807, 2.05) is 0 Å². The fourth-order valence-corrected chi connectivity index (χ4v) is 2.44. The third-order valence-corrected chi connectivity index (χ3v) is 3.58. The average molecular weight is 338 g/mol. The molecule has 0 radical (unpaired) electrons. The Bertz CT molecular complexity index is 472. The van der Waals surface area contributed by atoms with Gasteiger partial charge in [0.2, 0.25) is 0 Å². The third kappa shape index (κ3) is 2.02. The lowest BCUT2D eigenvalue weighted by atomic mass is 10.2. The first kappa shape index (κ1) is 10.2. The van der Waals surface area contributed by atoms with Gasteiger partial charge in [-0.1, -0.05) is 11.3 Å². The van der Waals surface area contributed by atoms with Gasteiger partial charge in [-0.3, -0.25) is 0 Å². The highest BCUT2D eigenvalue weighted by Crippen LogP contribution is 2.29. The van der Waals surface area contributed by atoms with Crippen LogP contribution < -0.4 is 0 Å². The SMILES string of the molecule is Fc1ccc(-c2nnc(Br)s2)cc1Br. The number of hydrogen-bond acceptors (Lipinski definition) is 3. The van der Waals surface area contributed by atoms with Crippen LogP contribution in [0.15, 0.2) is 26.6 Å². The molecule has 0 amide bonds. The maximum atomic E-state index is 12.9. The number of rotatable bonds is 1. The number of benzene rings is 1. The monoisotopic (exact) mass is 336 g/mol. The molecule has 0 aliphatic rings. The highest BCUT2D eigenvalue weighted by atomic mass is 79.9. The molecule has 0 bridgehead atoms. The van der Waals surface area contributed by atoms with E-state index in [1.54, 1.807) is 12.1 Å². The van der Waals surface area contributed by atoms with E-state index in [4.69, 9.17) is 0 Å². The van der Waals surface area contributed by atoms with Crippen LogP contribution >= 0.6 is 43.2 Å². The van der Waals surface area contributed by atoms with Gasteiger partial charge in [-0.15, -0.1) is 10.2 Å². The molecule has 6 heteroatoms. The predicted octanol–water partition coefficient (Wildman–Crippen LogP) is 3.87. The van der Waals surface area contributed by atoms with Gasteiger partial charge in [-0.2, -0.15) is 0 Å². The summed E-state index contributed by atoms with van der Waals surface area (Å²) in [5, 5.41) is 8.52. The van der Waals surface area contributed by atoms with Crippen LogP contribution in [0.1, 0.15) is 0 Å². The second-order valence-corrected chi connectivity index (χ2v) is 5.60. The van der Waals surface area contributed by atoms with Gasteiger partial charge in [-0.25, -0.2) is 4.39 Å². The van der Waals surface area contributed by atoms with Gasteiger partial charge in [0, 0.05) is 5.56 Å². The maximum Gasteiger partial charge on any atom is 0.183 e. The highest BCUT2D eigenvalue weighted by molar-refractivity contribution is 9.11. The molecule has 0 aliphatic carbocycles. The zero-order chi connectivity index (χ0) is 10.1. The van der Waals surface area contributed by atoms with Crippen molar-refractivity contribution in [3.05, 3.63) is 32.4 Å². The molecule has 1 heterocycles. The number of nitrogens with zero attached hydrogens (tertiary/aromatic N) is 2. The molecule has 0 unspecified atom stereocenters. The van der Waals surface area contributed by atoms with Gasteiger partial charge < -0.3 is 0 Å². The lowest BCUT2D eigenvalue weighted by Gasteiger charge is -1.97. The molecule has 0 atom stereocenters. The van der Waals surface area contributed by atoms with Crippen LogP contribution in [0.4, 0.5) is 4.39 Å². The molecule has 0 fully saturated rings. The molecule has 0 saturated carbocycles. The Kier molecular flexibility index (Phi) is 2.94. The van der Waals surface area contributed by atoms with Gasteiger partial charge in [0.1, 0.15) is 10.8 Å². The Morgan fingerprint density at radius 2 is 2.00 bits per heavy atom. The molecule has 1 aromatic carbocycles. The quantitative estimate of drug-likeness (QED) is 0.789. The second kappa shape index (κ2) is 4.04. The fourth-order valence-electron chi connectivity index (χ4n) is 0.951. The second-order valence-electron chi connectivity index (χ2n) is 2.49. The first-order chi connectivity index (χ1) is 6.66. The van der Waals surface area contributed by atoms with Gasteiger partial charge in [0.15, 0.2) is 3.92 Å². The van der Waals surface area contributed by atoms with Crippen LogP contribution in [0.25, 0.3) is 10.6 Å². The van der Waals surface area contributed by atoms with Crippen molar-refractivity contribution < 1.29 is 4.39 Å². The van der Waals surface area contributed by atoms with Gasteiger partial charge in [-0.05, 0) is 50.1 Å². The van der Waals surface area contributed by atoms with Gasteiger partial charge >= 0.3 is 0 Å². The molecule has 1 aromatic heterocycles. The number of aromatic nitrogens is 2. The molecule has 2 nitrogen and oxygen atoms in total. The predicted molar refractivity (Wildman–Crippen MR) is 60.7 cm³/mol. The molecule has 2 rings (SSSR count). The Morgan fingerprint density at radius 1 is 1.21 bits per heavy atom. The Balaban J connectivity index is 2.47. The normalized spacial score (nSPS) is 10.5. The van der Waals surface area contributed by atoms with Crippen molar-refractivity contribution in [2.24, 2.45) is 0 Å². The summed E-state index contributed by atoms with van der Waals surface area (Å²) in [6.45, 7) is 0. The largest absolute Gasteiger partial charge is 0.206 e. The van der Waals surface area contributed by atoms with E-state index in [9.17, 15) is 4.39 Å². The van der Waals surface area contributed by atoms with Crippen LogP contribution in [-0.2, 0) is 0 Å². The lowest BCUT2D eigenvalue weighted by Crippen LogP contribution is -1.80. The minimum absolute atomic E-state index is 0.280. The number of halogens is 3. The summed E-state index contributed by atoms with van der Waals surface area (Å²) in [5.41, 5.74) is 0.849. The van der Waals surface area contributed by atoms with Crippen molar-refractivity contribution in [3.8, 4) is 10.6 Å². The first-order valence-corrected chi connectivity index (χ1v) is 6.01. The van der Waals surface area contributed by atoms with Crippen LogP contribution in [0.5, 0.6) is 0 Å². The van der Waals surface area contributed by atoms with Crippen molar-refractivity contribution in [2.45, 2.75) is 0 Å². The van der Waals surface area contributed by atoms with E-state index in [-0.39, 0.29) is 5.82 Å². The molecule has 72 valence electrons. The molecule has 0 aliphatic heterocycles. The Morgan fingerprint density at radius 3 is 2.57 bits per heavy atom. The summed E-state index contributed by atoms with van der Waals surface area (Å²) >= 11 is 7.75. The summed E-state index contributed by atoms with van der Waals surface area (Å²) in [5.74, 6) is -0.280. The van der Waals surface area contributed by atoms with E-state index in [0.29, 0.717) is 8.39 Å². The molecule has 0 saturated heterocycles. The van der Waals surface area contributed by atoms with Crippen molar-refractivity contribution >= 4 is 43.2 Å². The van der Waals surface area contributed by atoms with Crippen molar-refractivity contribution in [3.63, 3.8) is 0 Å². The van der Waals surface area contributed by atoms with E-state index < -0.39 is 0 Å². The summed E-state index contributed by atoms with van der Waals surface area (Å²) < 4.78 is 14.1. The molecule has 2 aromatic rings. The topological polar surface area (TPSA) is 25.8 Å². The van der Waals surface area contributed by atoms with Crippen LogP contribution in [0.2, 0.25) is 0 Å². The van der Waals surface area contributed by atoms with E-state index in [0.717, 1.165) is 10.6 Å². The molecule has 0 spiro atoms. The Labute approximate surface area is 100 Å². The summed E-state index contributed by atoms with van der Waals surface area (Å²) in [4.78, 5) is 0. The number of hydrogen-bond donors (Lipinski definition) is 0. The maximum absolute atomic E-state index is 12.9. The molecule has 14 heavy (non-hydrogen) atoms. The molecular weight excluding hydrogens is 335 g/mol. The lowest BCUT2D eigenvalue weighted by molar-refractivity contribution is 0.621. The zero-order valence-corrected chi connectivity index (χ0v) is 10.7. The van der Waals surface area contributed by atoms with Crippen molar-refractivity contribution in [1.29, 1.82) is 0 Å². The van der Waals surface area contributed by atoms with Crippen LogP contribution in [-0.4, -0.2) is 10.2 Å². The zero-order valence-electron chi connectivity index (χ0n) is 6.67. The average Bonchev–Trinajstić information content (AvgIpc) is 2.57. The van der Waals surface area contributed by atoms with E-state index in [1.165, 1.54) is 17.4 Å². The third-order valence-electron chi connectivity index (χ3n) is 1.57. The van der Waals surface area contributed by atoms with Crippen molar-refractivity contribution in [2.75, 3.05) is 0 Å². The van der Waals surface area contributed by atoms with Crippen LogP contribution in [0, 0.1) is 5.82 Å². The first-order valence-electron chi connectivity index (χ1n) is 3.61. The van der Waals surface area contributed by atoms with Crippen molar-refractivity contribution in [1.82, 2.24) is 10.2 Å².